The summed E-state index contributed by atoms with van der Waals surface area (Å²) < 4.78 is 0. The minimum absolute atomic E-state index is 0.351. The molecular formula is C18H25Br. The standard InChI is InChI=1S/C18H25Br/c1-13-5-8-15(9-6-13)10-11-16-14(2)7-12-17(19)18(16,3)4/h5-9,16-17H,10-12H2,1-4H3/t16-,17-/m0/s1. The molecule has 104 valence electrons. The van der Waals surface area contributed by atoms with Gasteiger partial charge in [0.25, 0.3) is 0 Å². The maximum atomic E-state index is 3.87. The Bertz CT molecular complexity index is 453. The van der Waals surface area contributed by atoms with Crippen molar-refractivity contribution < 1.29 is 0 Å². The quantitative estimate of drug-likeness (QED) is 0.496. The van der Waals surface area contributed by atoms with Gasteiger partial charge in [-0.15, -0.1) is 0 Å². The predicted molar refractivity (Wildman–Crippen MR) is 87.9 cm³/mol. The molecule has 1 aromatic rings. The number of benzene rings is 1. The normalized spacial score (nSPS) is 26.1. The van der Waals surface area contributed by atoms with Gasteiger partial charge in [0.1, 0.15) is 0 Å². The highest BCUT2D eigenvalue weighted by molar-refractivity contribution is 9.09. The molecule has 1 aliphatic rings. The van der Waals surface area contributed by atoms with Crippen molar-refractivity contribution in [3.05, 3.63) is 47.0 Å². The van der Waals surface area contributed by atoms with Crippen molar-refractivity contribution in [2.45, 2.75) is 51.8 Å². The van der Waals surface area contributed by atoms with Crippen LogP contribution in [0.1, 0.15) is 44.7 Å². The van der Waals surface area contributed by atoms with Gasteiger partial charge in [0.15, 0.2) is 0 Å². The minimum atomic E-state index is 0.351. The van der Waals surface area contributed by atoms with E-state index in [0.717, 1.165) is 0 Å². The van der Waals surface area contributed by atoms with Crippen molar-refractivity contribution in [1.82, 2.24) is 0 Å². The molecule has 0 radical (unpaired) electrons. The number of aryl methyl sites for hydroxylation is 2. The Morgan fingerprint density at radius 2 is 1.79 bits per heavy atom. The Morgan fingerprint density at radius 3 is 2.42 bits per heavy atom. The fraction of sp³-hybridized carbons (Fsp3) is 0.556. The molecule has 2 rings (SSSR count). The zero-order valence-electron chi connectivity index (χ0n) is 12.5. The number of allylic oxidation sites excluding steroid dienone is 2. The molecule has 0 fully saturated rings. The topological polar surface area (TPSA) is 0 Å². The summed E-state index contributed by atoms with van der Waals surface area (Å²) in [6.07, 6.45) is 6.02. The van der Waals surface area contributed by atoms with E-state index in [0.29, 0.717) is 16.2 Å². The lowest BCUT2D eigenvalue weighted by atomic mass is 9.66. The van der Waals surface area contributed by atoms with E-state index < -0.39 is 0 Å². The maximum Gasteiger partial charge on any atom is 0.0237 e. The molecule has 1 heteroatoms. The highest BCUT2D eigenvalue weighted by Gasteiger charge is 2.38. The van der Waals surface area contributed by atoms with E-state index in [4.69, 9.17) is 0 Å². The average Bonchev–Trinajstić information content (AvgIpc) is 2.36. The summed E-state index contributed by atoms with van der Waals surface area (Å²) in [6, 6.07) is 8.99. The Kier molecular flexibility index (Phi) is 4.55. The second-order valence-corrected chi connectivity index (χ2v) is 7.65. The van der Waals surface area contributed by atoms with Crippen molar-refractivity contribution >= 4 is 15.9 Å². The van der Waals surface area contributed by atoms with Crippen molar-refractivity contribution in [2.75, 3.05) is 0 Å². The number of hydrogen-bond donors (Lipinski definition) is 0. The summed E-state index contributed by atoms with van der Waals surface area (Å²) in [4.78, 5) is 0.603. The molecule has 2 atom stereocenters. The molecule has 0 saturated heterocycles. The van der Waals surface area contributed by atoms with E-state index in [2.05, 4.69) is 74.0 Å². The van der Waals surface area contributed by atoms with Gasteiger partial charge in [0.05, 0.1) is 0 Å². The molecule has 19 heavy (non-hydrogen) atoms. The van der Waals surface area contributed by atoms with Gasteiger partial charge in [-0.1, -0.05) is 71.3 Å². The Hall–Kier alpha value is -0.560. The van der Waals surface area contributed by atoms with Crippen molar-refractivity contribution in [1.29, 1.82) is 0 Å². The second kappa shape index (κ2) is 5.83. The van der Waals surface area contributed by atoms with Gasteiger partial charge >= 0.3 is 0 Å². The molecule has 0 aliphatic heterocycles. The van der Waals surface area contributed by atoms with E-state index in [9.17, 15) is 0 Å². The van der Waals surface area contributed by atoms with E-state index in [1.807, 2.05) is 0 Å². The number of rotatable bonds is 3. The summed E-state index contributed by atoms with van der Waals surface area (Å²) in [5, 5.41) is 0. The van der Waals surface area contributed by atoms with E-state index >= 15 is 0 Å². The third-order valence-electron chi connectivity index (χ3n) is 4.74. The largest absolute Gasteiger partial charge is 0.0881 e. The molecule has 0 bridgehead atoms. The van der Waals surface area contributed by atoms with Crippen LogP contribution in [0.25, 0.3) is 0 Å². The van der Waals surface area contributed by atoms with Crippen LogP contribution in [-0.4, -0.2) is 4.83 Å². The molecular weight excluding hydrogens is 296 g/mol. The zero-order chi connectivity index (χ0) is 14.0. The van der Waals surface area contributed by atoms with Gasteiger partial charge in [-0.2, -0.15) is 0 Å². The highest BCUT2D eigenvalue weighted by Crippen LogP contribution is 2.46. The smallest absolute Gasteiger partial charge is 0.0237 e. The second-order valence-electron chi connectivity index (χ2n) is 6.55. The van der Waals surface area contributed by atoms with Crippen LogP contribution in [0.15, 0.2) is 35.9 Å². The molecule has 0 heterocycles. The summed E-state index contributed by atoms with van der Waals surface area (Å²) in [7, 11) is 0. The first-order chi connectivity index (χ1) is 8.91. The molecule has 1 aliphatic carbocycles. The van der Waals surface area contributed by atoms with E-state index in [-0.39, 0.29) is 0 Å². The van der Waals surface area contributed by atoms with Gasteiger partial charge in [0, 0.05) is 4.83 Å². The molecule has 0 spiro atoms. The van der Waals surface area contributed by atoms with Gasteiger partial charge in [-0.25, -0.2) is 0 Å². The van der Waals surface area contributed by atoms with Crippen LogP contribution in [-0.2, 0) is 6.42 Å². The van der Waals surface area contributed by atoms with E-state index in [1.54, 1.807) is 5.57 Å². The first-order valence-electron chi connectivity index (χ1n) is 7.27. The molecule has 1 aromatic carbocycles. The number of halogens is 1. The van der Waals surface area contributed by atoms with Gasteiger partial charge in [0.2, 0.25) is 0 Å². The zero-order valence-corrected chi connectivity index (χ0v) is 14.1. The van der Waals surface area contributed by atoms with Gasteiger partial charge in [-0.05, 0) is 50.0 Å². The van der Waals surface area contributed by atoms with E-state index in [1.165, 1.54) is 30.4 Å². The molecule has 0 N–H and O–H groups in total. The van der Waals surface area contributed by atoms with Crippen LogP contribution in [0.4, 0.5) is 0 Å². The molecule has 0 aromatic heterocycles. The molecule has 0 unspecified atom stereocenters. The summed E-state index contributed by atoms with van der Waals surface area (Å²) in [5.74, 6) is 0.687. The van der Waals surface area contributed by atoms with Crippen LogP contribution in [0.5, 0.6) is 0 Å². The average molecular weight is 321 g/mol. The number of alkyl halides is 1. The molecule has 0 nitrogen and oxygen atoms in total. The monoisotopic (exact) mass is 320 g/mol. The fourth-order valence-corrected chi connectivity index (χ4v) is 3.71. The lowest BCUT2D eigenvalue weighted by Gasteiger charge is -2.42. The number of hydrogen-bond acceptors (Lipinski definition) is 0. The minimum Gasteiger partial charge on any atom is -0.0881 e. The van der Waals surface area contributed by atoms with Crippen LogP contribution in [0.2, 0.25) is 0 Å². The van der Waals surface area contributed by atoms with Gasteiger partial charge in [-0.3, -0.25) is 0 Å². The van der Waals surface area contributed by atoms with Crippen molar-refractivity contribution in [3.8, 4) is 0 Å². The lowest BCUT2D eigenvalue weighted by molar-refractivity contribution is 0.217. The van der Waals surface area contributed by atoms with Crippen LogP contribution in [0, 0.1) is 18.3 Å². The van der Waals surface area contributed by atoms with Gasteiger partial charge < -0.3 is 0 Å². The first kappa shape index (κ1) is 14.8. The predicted octanol–water partition coefficient (Wildman–Crippen LogP) is 5.68. The fourth-order valence-electron chi connectivity index (χ4n) is 3.21. The third kappa shape index (κ3) is 3.31. The lowest BCUT2D eigenvalue weighted by Crippen LogP contribution is -2.36. The van der Waals surface area contributed by atoms with Crippen molar-refractivity contribution in [2.24, 2.45) is 11.3 Å². The summed E-state index contributed by atoms with van der Waals surface area (Å²) >= 11 is 3.87. The SMILES string of the molecule is CC1=CC[C@H](Br)C(C)(C)[C@H]1CCc1ccc(C)cc1. The maximum absolute atomic E-state index is 3.87. The first-order valence-corrected chi connectivity index (χ1v) is 8.19. The van der Waals surface area contributed by atoms with Crippen molar-refractivity contribution in [3.63, 3.8) is 0 Å². The van der Waals surface area contributed by atoms with Crippen LogP contribution < -0.4 is 0 Å². The van der Waals surface area contributed by atoms with Crippen LogP contribution >= 0.6 is 15.9 Å². The summed E-state index contributed by atoms with van der Waals surface area (Å²) in [5.41, 5.74) is 4.74. The molecule has 0 saturated carbocycles. The Labute approximate surface area is 126 Å². The Morgan fingerprint density at radius 1 is 1.16 bits per heavy atom. The highest BCUT2D eigenvalue weighted by atomic mass is 79.9. The summed E-state index contributed by atoms with van der Waals surface area (Å²) in [6.45, 7) is 9.27. The molecule has 0 amide bonds. The third-order valence-corrected chi connectivity index (χ3v) is 6.30. The Balaban J connectivity index is 2.07. The van der Waals surface area contributed by atoms with Crippen LogP contribution in [0.3, 0.4) is 0 Å².